The van der Waals surface area contributed by atoms with Gasteiger partial charge in [0.15, 0.2) is 11.5 Å². The minimum Gasteiger partial charge on any atom is -0.502 e. The molecule has 3 rings (SSSR count). The Balaban J connectivity index is 1.81. The van der Waals surface area contributed by atoms with E-state index in [-0.39, 0.29) is 11.8 Å². The van der Waals surface area contributed by atoms with Gasteiger partial charge in [-0.15, -0.1) is 0 Å². The average Bonchev–Trinajstić information content (AvgIpc) is 3.25. The van der Waals surface area contributed by atoms with Crippen molar-refractivity contribution in [3.8, 4) is 17.2 Å². The molecule has 2 heterocycles. The number of likely N-dealkylation sites (tertiary alicyclic amines) is 1. The van der Waals surface area contributed by atoms with Crippen molar-refractivity contribution in [2.45, 2.75) is 45.2 Å². The standard InChI is InChI=1S/C19H26N2O4/c1-12(2)16-10-14(20-25-16)15-6-5-7-21(15)11-13-8-17(23-3)19(22)18(9-13)24-4/h8-10,12,15,22H,5-7,11H2,1-4H3/t15-/m0/s1. The van der Waals surface area contributed by atoms with E-state index in [9.17, 15) is 5.11 Å². The third-order valence-corrected chi connectivity index (χ3v) is 4.75. The quantitative estimate of drug-likeness (QED) is 0.857. The fourth-order valence-corrected chi connectivity index (χ4v) is 3.36. The van der Waals surface area contributed by atoms with Crippen LogP contribution in [0.1, 0.15) is 55.7 Å². The van der Waals surface area contributed by atoms with Crippen LogP contribution in [0.25, 0.3) is 0 Å². The molecular weight excluding hydrogens is 320 g/mol. The molecule has 1 aromatic heterocycles. The van der Waals surface area contributed by atoms with Crippen molar-refractivity contribution >= 4 is 0 Å². The zero-order valence-electron chi connectivity index (χ0n) is 15.3. The predicted octanol–water partition coefficient (Wildman–Crippen LogP) is 3.86. The van der Waals surface area contributed by atoms with E-state index in [0.29, 0.717) is 17.4 Å². The lowest BCUT2D eigenvalue weighted by atomic mass is 10.1. The number of nitrogens with zero attached hydrogens (tertiary/aromatic N) is 2. The van der Waals surface area contributed by atoms with Gasteiger partial charge < -0.3 is 19.1 Å². The summed E-state index contributed by atoms with van der Waals surface area (Å²) in [6.07, 6.45) is 2.19. The number of ether oxygens (including phenoxy) is 2. The van der Waals surface area contributed by atoms with Crippen LogP contribution in [-0.2, 0) is 6.54 Å². The second-order valence-corrected chi connectivity index (χ2v) is 6.79. The fourth-order valence-electron chi connectivity index (χ4n) is 3.36. The van der Waals surface area contributed by atoms with Crippen molar-refractivity contribution in [3.05, 3.63) is 35.2 Å². The monoisotopic (exact) mass is 346 g/mol. The van der Waals surface area contributed by atoms with Gasteiger partial charge in [0, 0.05) is 18.5 Å². The lowest BCUT2D eigenvalue weighted by molar-refractivity contribution is 0.235. The van der Waals surface area contributed by atoms with E-state index in [1.165, 1.54) is 0 Å². The molecule has 1 N–H and O–H groups in total. The molecule has 1 aliphatic rings. The minimum atomic E-state index is 0.0322. The number of benzene rings is 1. The van der Waals surface area contributed by atoms with E-state index in [4.69, 9.17) is 14.0 Å². The van der Waals surface area contributed by atoms with Crippen LogP contribution in [0.3, 0.4) is 0 Å². The Kier molecular flexibility index (Phi) is 5.18. The Labute approximate surface area is 148 Å². The first-order valence-corrected chi connectivity index (χ1v) is 8.68. The van der Waals surface area contributed by atoms with Crippen LogP contribution in [0.5, 0.6) is 17.2 Å². The summed E-state index contributed by atoms with van der Waals surface area (Å²) in [5.74, 6) is 2.14. The first-order chi connectivity index (χ1) is 12.0. The number of aromatic nitrogens is 1. The number of phenols is 1. The molecule has 25 heavy (non-hydrogen) atoms. The van der Waals surface area contributed by atoms with Gasteiger partial charge >= 0.3 is 0 Å². The van der Waals surface area contributed by atoms with Crippen LogP contribution >= 0.6 is 0 Å². The molecular formula is C19H26N2O4. The van der Waals surface area contributed by atoms with Gasteiger partial charge in [0.25, 0.3) is 0 Å². The average molecular weight is 346 g/mol. The third-order valence-electron chi connectivity index (χ3n) is 4.75. The molecule has 1 fully saturated rings. The second-order valence-electron chi connectivity index (χ2n) is 6.79. The third kappa shape index (κ3) is 3.58. The van der Waals surface area contributed by atoms with Crippen molar-refractivity contribution in [2.24, 2.45) is 0 Å². The topological polar surface area (TPSA) is 68.0 Å². The van der Waals surface area contributed by atoms with E-state index in [1.54, 1.807) is 14.2 Å². The zero-order valence-corrected chi connectivity index (χ0v) is 15.3. The summed E-state index contributed by atoms with van der Waals surface area (Å²) in [6.45, 7) is 5.94. The fraction of sp³-hybridized carbons (Fsp3) is 0.526. The van der Waals surface area contributed by atoms with E-state index in [2.05, 4.69) is 30.0 Å². The molecule has 1 atom stereocenters. The molecule has 6 nitrogen and oxygen atoms in total. The molecule has 0 saturated carbocycles. The molecule has 0 unspecified atom stereocenters. The minimum absolute atomic E-state index is 0.0322. The molecule has 136 valence electrons. The van der Waals surface area contributed by atoms with E-state index in [1.807, 2.05) is 12.1 Å². The molecule has 1 aliphatic heterocycles. The van der Waals surface area contributed by atoms with Crippen molar-refractivity contribution in [3.63, 3.8) is 0 Å². The Hall–Kier alpha value is -2.21. The SMILES string of the molecule is COc1cc(CN2CCC[C@H]2c2cc(C(C)C)on2)cc(OC)c1O. The lowest BCUT2D eigenvalue weighted by Crippen LogP contribution is -2.23. The first kappa shape index (κ1) is 17.6. The molecule has 0 radical (unpaired) electrons. The van der Waals surface area contributed by atoms with Crippen LogP contribution in [0.15, 0.2) is 22.7 Å². The summed E-state index contributed by atoms with van der Waals surface area (Å²) in [5.41, 5.74) is 2.03. The Morgan fingerprint density at radius 3 is 2.48 bits per heavy atom. The van der Waals surface area contributed by atoms with Crippen molar-refractivity contribution in [2.75, 3.05) is 20.8 Å². The number of aromatic hydroxyl groups is 1. The molecule has 1 saturated heterocycles. The molecule has 0 aliphatic carbocycles. The Morgan fingerprint density at radius 2 is 1.92 bits per heavy atom. The van der Waals surface area contributed by atoms with Gasteiger partial charge in [0.1, 0.15) is 11.5 Å². The van der Waals surface area contributed by atoms with Crippen molar-refractivity contribution in [1.82, 2.24) is 10.1 Å². The normalized spacial score (nSPS) is 18.0. The summed E-state index contributed by atoms with van der Waals surface area (Å²) in [6, 6.07) is 6.04. The summed E-state index contributed by atoms with van der Waals surface area (Å²) in [4.78, 5) is 2.38. The summed E-state index contributed by atoms with van der Waals surface area (Å²) in [5, 5.41) is 14.4. The van der Waals surface area contributed by atoms with Crippen LogP contribution in [0.2, 0.25) is 0 Å². The highest BCUT2D eigenvalue weighted by Gasteiger charge is 2.29. The van der Waals surface area contributed by atoms with Gasteiger partial charge in [0.2, 0.25) is 5.75 Å². The molecule has 0 bridgehead atoms. The zero-order chi connectivity index (χ0) is 18.0. The van der Waals surface area contributed by atoms with Gasteiger partial charge in [-0.05, 0) is 37.1 Å². The maximum atomic E-state index is 10.1. The van der Waals surface area contributed by atoms with E-state index >= 15 is 0 Å². The van der Waals surface area contributed by atoms with Gasteiger partial charge in [-0.25, -0.2) is 0 Å². The number of rotatable bonds is 6. The van der Waals surface area contributed by atoms with Gasteiger partial charge in [-0.1, -0.05) is 19.0 Å². The Morgan fingerprint density at radius 1 is 1.24 bits per heavy atom. The van der Waals surface area contributed by atoms with E-state index < -0.39 is 0 Å². The number of hydrogen-bond acceptors (Lipinski definition) is 6. The highest BCUT2D eigenvalue weighted by molar-refractivity contribution is 5.52. The number of hydrogen-bond donors (Lipinski definition) is 1. The van der Waals surface area contributed by atoms with Gasteiger partial charge in [-0.3, -0.25) is 4.90 Å². The van der Waals surface area contributed by atoms with Crippen LogP contribution < -0.4 is 9.47 Å². The smallest absolute Gasteiger partial charge is 0.200 e. The molecule has 2 aromatic rings. The van der Waals surface area contributed by atoms with Crippen LogP contribution in [0.4, 0.5) is 0 Å². The molecule has 0 amide bonds. The highest BCUT2D eigenvalue weighted by atomic mass is 16.5. The lowest BCUT2D eigenvalue weighted by Gasteiger charge is -2.23. The van der Waals surface area contributed by atoms with Gasteiger partial charge in [0.05, 0.1) is 20.3 Å². The predicted molar refractivity (Wildman–Crippen MR) is 94.2 cm³/mol. The highest BCUT2D eigenvalue weighted by Crippen LogP contribution is 2.39. The molecule has 1 aromatic carbocycles. The summed E-state index contributed by atoms with van der Waals surface area (Å²) >= 11 is 0. The summed E-state index contributed by atoms with van der Waals surface area (Å²) < 4.78 is 16.0. The van der Waals surface area contributed by atoms with Gasteiger partial charge in [-0.2, -0.15) is 0 Å². The maximum Gasteiger partial charge on any atom is 0.200 e. The molecule has 0 spiro atoms. The largest absolute Gasteiger partial charge is 0.502 e. The second kappa shape index (κ2) is 7.35. The van der Waals surface area contributed by atoms with E-state index in [0.717, 1.165) is 42.9 Å². The summed E-state index contributed by atoms with van der Waals surface area (Å²) in [7, 11) is 3.08. The maximum absolute atomic E-state index is 10.1. The van der Waals surface area contributed by atoms with Crippen molar-refractivity contribution in [1.29, 1.82) is 0 Å². The molecule has 6 heteroatoms. The first-order valence-electron chi connectivity index (χ1n) is 8.68. The Bertz CT molecular complexity index is 701. The van der Waals surface area contributed by atoms with Crippen molar-refractivity contribution < 1.29 is 19.1 Å². The van der Waals surface area contributed by atoms with Crippen LogP contribution in [-0.4, -0.2) is 35.9 Å². The number of phenolic OH excluding ortho intramolecular Hbond substituents is 1. The number of methoxy groups -OCH3 is 2. The van der Waals surface area contributed by atoms with Crippen LogP contribution in [0, 0.1) is 0 Å².